The number of benzene rings is 2. The molecule has 0 aliphatic heterocycles. The van der Waals surface area contributed by atoms with E-state index in [1.54, 1.807) is 0 Å². The Balaban J connectivity index is 1.98. The quantitative estimate of drug-likeness (QED) is 0.632. The van der Waals surface area contributed by atoms with Crippen molar-refractivity contribution < 1.29 is 0 Å². The highest BCUT2D eigenvalue weighted by molar-refractivity contribution is 9.10. The highest BCUT2D eigenvalue weighted by Crippen LogP contribution is 2.23. The van der Waals surface area contributed by atoms with Gasteiger partial charge in [-0.3, -0.25) is 0 Å². The average molecular weight is 394 g/mol. The number of hydrogen-bond donors (Lipinski definition) is 0. The summed E-state index contributed by atoms with van der Waals surface area (Å²) in [6.07, 6.45) is 0. The first kappa shape index (κ1) is 13.5. The fourth-order valence-electron chi connectivity index (χ4n) is 1.81. The zero-order valence-corrected chi connectivity index (χ0v) is 13.5. The monoisotopic (exact) mass is 392 g/mol. The molecule has 0 spiro atoms. The van der Waals surface area contributed by atoms with E-state index in [-0.39, 0.29) is 0 Å². The predicted molar refractivity (Wildman–Crippen MR) is 84.9 cm³/mol. The van der Waals surface area contributed by atoms with E-state index in [2.05, 4.69) is 47.3 Å². The number of nitrogens with zero attached hydrogens (tertiary/aromatic N) is 4. The highest BCUT2D eigenvalue weighted by Gasteiger charge is 2.09. The summed E-state index contributed by atoms with van der Waals surface area (Å²) in [5, 5.41) is 13.4. The van der Waals surface area contributed by atoms with Crippen molar-refractivity contribution in [2.45, 2.75) is 5.33 Å². The lowest BCUT2D eigenvalue weighted by molar-refractivity contribution is 0.717. The van der Waals surface area contributed by atoms with Gasteiger partial charge in [0.05, 0.1) is 0 Å². The number of alkyl halides is 1. The van der Waals surface area contributed by atoms with Gasteiger partial charge in [-0.1, -0.05) is 52.3 Å². The van der Waals surface area contributed by atoms with Gasteiger partial charge in [-0.2, -0.15) is 0 Å². The van der Waals surface area contributed by atoms with E-state index < -0.39 is 0 Å². The Kier molecular flexibility index (Phi) is 3.93. The van der Waals surface area contributed by atoms with E-state index >= 15 is 0 Å². The summed E-state index contributed by atoms with van der Waals surface area (Å²) in [4.78, 5) is 1.53. The molecular formula is C14H10Br2N4. The zero-order valence-electron chi connectivity index (χ0n) is 10.4. The lowest BCUT2D eigenvalue weighted by Crippen LogP contribution is -2.00. The van der Waals surface area contributed by atoms with E-state index in [1.807, 2.05) is 48.5 Å². The van der Waals surface area contributed by atoms with Crippen molar-refractivity contribution in [2.75, 3.05) is 0 Å². The Bertz CT molecular complexity index is 725. The van der Waals surface area contributed by atoms with Crippen molar-refractivity contribution in [3.63, 3.8) is 0 Å². The largest absolute Gasteiger partial charge is 0.205 e. The first-order valence-electron chi connectivity index (χ1n) is 5.98. The number of tetrazole rings is 1. The van der Waals surface area contributed by atoms with Gasteiger partial charge >= 0.3 is 0 Å². The lowest BCUT2D eigenvalue weighted by Gasteiger charge is -2.03. The van der Waals surface area contributed by atoms with E-state index in [9.17, 15) is 0 Å². The molecule has 20 heavy (non-hydrogen) atoms. The SMILES string of the molecule is BrCc1ccc(-n2nnc(-c3ccccc3)n2)c(Br)c1. The van der Waals surface area contributed by atoms with Crippen LogP contribution in [0.2, 0.25) is 0 Å². The standard InChI is InChI=1S/C14H10Br2N4/c15-9-10-6-7-13(12(16)8-10)20-18-14(17-19-20)11-4-2-1-3-5-11/h1-8H,9H2. The Hall–Kier alpha value is -1.53. The second-order valence-electron chi connectivity index (χ2n) is 4.19. The maximum absolute atomic E-state index is 4.42. The number of rotatable bonds is 3. The van der Waals surface area contributed by atoms with Crippen molar-refractivity contribution in [2.24, 2.45) is 0 Å². The molecule has 6 heteroatoms. The number of aromatic nitrogens is 4. The van der Waals surface area contributed by atoms with Crippen LogP contribution in [0.25, 0.3) is 17.1 Å². The minimum atomic E-state index is 0.613. The molecule has 0 bridgehead atoms. The molecule has 0 atom stereocenters. The molecule has 100 valence electrons. The first-order valence-corrected chi connectivity index (χ1v) is 7.89. The zero-order chi connectivity index (χ0) is 13.9. The summed E-state index contributed by atoms with van der Waals surface area (Å²) in [5.41, 5.74) is 3.00. The fraction of sp³-hybridized carbons (Fsp3) is 0.0714. The van der Waals surface area contributed by atoms with Crippen LogP contribution in [0.1, 0.15) is 5.56 Å². The van der Waals surface area contributed by atoms with Gasteiger partial charge in [0.2, 0.25) is 5.82 Å². The lowest BCUT2D eigenvalue weighted by atomic mass is 10.2. The van der Waals surface area contributed by atoms with Crippen molar-refractivity contribution in [1.82, 2.24) is 20.2 Å². The fourth-order valence-corrected chi connectivity index (χ4v) is 2.75. The van der Waals surface area contributed by atoms with Crippen molar-refractivity contribution in [3.05, 3.63) is 58.6 Å². The van der Waals surface area contributed by atoms with Gasteiger partial charge in [0.15, 0.2) is 0 Å². The van der Waals surface area contributed by atoms with Crippen LogP contribution in [0.4, 0.5) is 0 Å². The summed E-state index contributed by atoms with van der Waals surface area (Å²) >= 11 is 6.98. The van der Waals surface area contributed by atoms with E-state index in [0.717, 1.165) is 21.1 Å². The minimum Gasteiger partial charge on any atom is -0.129 e. The van der Waals surface area contributed by atoms with Crippen LogP contribution in [0.5, 0.6) is 0 Å². The highest BCUT2D eigenvalue weighted by atomic mass is 79.9. The van der Waals surface area contributed by atoms with Crippen LogP contribution >= 0.6 is 31.9 Å². The predicted octanol–water partition coefficient (Wildman–Crippen LogP) is 3.99. The van der Waals surface area contributed by atoms with Crippen molar-refractivity contribution >= 4 is 31.9 Å². The van der Waals surface area contributed by atoms with Crippen LogP contribution in [-0.4, -0.2) is 20.2 Å². The minimum absolute atomic E-state index is 0.613. The first-order chi connectivity index (χ1) is 9.78. The van der Waals surface area contributed by atoms with Gasteiger partial charge in [0.1, 0.15) is 5.69 Å². The van der Waals surface area contributed by atoms with Crippen molar-refractivity contribution in [3.8, 4) is 17.1 Å². The van der Waals surface area contributed by atoms with Gasteiger partial charge in [-0.25, -0.2) is 0 Å². The summed E-state index contributed by atoms with van der Waals surface area (Å²) in [6, 6.07) is 15.8. The van der Waals surface area contributed by atoms with Crippen LogP contribution in [0.15, 0.2) is 53.0 Å². The molecular weight excluding hydrogens is 384 g/mol. The molecule has 0 N–H and O–H groups in total. The summed E-state index contributed by atoms with van der Waals surface area (Å²) < 4.78 is 0.937. The molecule has 0 aliphatic rings. The van der Waals surface area contributed by atoms with Crippen LogP contribution in [-0.2, 0) is 5.33 Å². The molecule has 0 aliphatic carbocycles. The molecule has 3 rings (SSSR count). The Labute approximate surface area is 133 Å². The molecule has 2 aromatic carbocycles. The third kappa shape index (κ3) is 2.66. The van der Waals surface area contributed by atoms with Gasteiger partial charge in [-0.15, -0.1) is 15.0 Å². The molecule has 4 nitrogen and oxygen atoms in total. The number of hydrogen-bond acceptors (Lipinski definition) is 3. The maximum atomic E-state index is 4.42. The Morgan fingerprint density at radius 2 is 1.85 bits per heavy atom. The topological polar surface area (TPSA) is 43.6 Å². The van der Waals surface area contributed by atoms with Crippen LogP contribution < -0.4 is 0 Å². The molecule has 0 unspecified atom stereocenters. The average Bonchev–Trinajstić information content (AvgIpc) is 2.97. The second kappa shape index (κ2) is 5.85. The van der Waals surface area contributed by atoms with Crippen LogP contribution in [0, 0.1) is 0 Å². The third-order valence-corrected chi connectivity index (χ3v) is 4.11. The molecule has 0 fully saturated rings. The molecule has 3 aromatic rings. The van der Waals surface area contributed by atoms with Gasteiger partial charge < -0.3 is 0 Å². The second-order valence-corrected chi connectivity index (χ2v) is 5.60. The smallest absolute Gasteiger partial charge is 0.129 e. The van der Waals surface area contributed by atoms with E-state index in [4.69, 9.17) is 0 Å². The number of halogens is 2. The third-order valence-electron chi connectivity index (χ3n) is 2.83. The molecule has 0 amide bonds. The van der Waals surface area contributed by atoms with Crippen LogP contribution in [0.3, 0.4) is 0 Å². The summed E-state index contributed by atoms with van der Waals surface area (Å²) in [6.45, 7) is 0. The molecule has 0 radical (unpaired) electrons. The maximum Gasteiger partial charge on any atom is 0.205 e. The van der Waals surface area contributed by atoms with Gasteiger partial charge in [0.25, 0.3) is 0 Å². The van der Waals surface area contributed by atoms with Gasteiger partial charge in [0, 0.05) is 15.4 Å². The molecule has 0 saturated heterocycles. The Morgan fingerprint density at radius 3 is 2.55 bits per heavy atom. The molecule has 0 saturated carbocycles. The molecule has 1 heterocycles. The van der Waals surface area contributed by atoms with E-state index in [0.29, 0.717) is 5.82 Å². The summed E-state index contributed by atoms with van der Waals surface area (Å²) in [7, 11) is 0. The van der Waals surface area contributed by atoms with E-state index in [1.165, 1.54) is 10.4 Å². The van der Waals surface area contributed by atoms with Gasteiger partial charge in [-0.05, 0) is 38.8 Å². The Morgan fingerprint density at radius 1 is 1.05 bits per heavy atom. The summed E-state index contributed by atoms with van der Waals surface area (Å²) in [5.74, 6) is 0.613. The normalized spacial score (nSPS) is 10.7. The van der Waals surface area contributed by atoms with Crippen molar-refractivity contribution in [1.29, 1.82) is 0 Å². The molecule has 1 aromatic heterocycles.